The minimum Gasteiger partial charge on any atom is -0.478 e. The SMILES string of the molecule is C=C(C=C(C)C(=O)O)C(=O)O. The smallest absolute Gasteiger partial charge is 0.335 e. The highest BCUT2D eigenvalue weighted by atomic mass is 16.4. The van der Waals surface area contributed by atoms with Crippen molar-refractivity contribution in [3.05, 3.63) is 23.8 Å². The Morgan fingerprint density at radius 3 is 2.00 bits per heavy atom. The molecule has 4 nitrogen and oxygen atoms in total. The topological polar surface area (TPSA) is 74.6 Å². The molecule has 0 unspecified atom stereocenters. The summed E-state index contributed by atoms with van der Waals surface area (Å²) in [5, 5.41) is 16.6. The molecule has 0 aliphatic heterocycles. The van der Waals surface area contributed by atoms with E-state index >= 15 is 0 Å². The summed E-state index contributed by atoms with van der Waals surface area (Å²) in [4.78, 5) is 20.3. The molecule has 0 amide bonds. The molecule has 0 saturated heterocycles. The molecule has 0 atom stereocenters. The van der Waals surface area contributed by atoms with E-state index in [9.17, 15) is 9.59 Å². The molecule has 0 bridgehead atoms. The van der Waals surface area contributed by atoms with Crippen LogP contribution in [0.25, 0.3) is 0 Å². The maximum Gasteiger partial charge on any atom is 0.335 e. The van der Waals surface area contributed by atoms with Crippen LogP contribution in [0.4, 0.5) is 0 Å². The average Bonchev–Trinajstić information content (AvgIpc) is 1.87. The first-order valence-electron chi connectivity index (χ1n) is 2.79. The van der Waals surface area contributed by atoms with Gasteiger partial charge in [0, 0.05) is 5.57 Å². The second-order valence-electron chi connectivity index (χ2n) is 1.96. The fourth-order valence-corrected chi connectivity index (χ4v) is 0.385. The summed E-state index contributed by atoms with van der Waals surface area (Å²) in [6.45, 7) is 4.44. The third-order valence-corrected chi connectivity index (χ3v) is 1.00. The molecule has 0 aromatic heterocycles. The van der Waals surface area contributed by atoms with Crippen molar-refractivity contribution in [2.45, 2.75) is 6.92 Å². The lowest BCUT2D eigenvalue weighted by Crippen LogP contribution is -2.01. The minimum atomic E-state index is -1.22. The van der Waals surface area contributed by atoms with E-state index in [4.69, 9.17) is 10.2 Å². The molecular weight excluding hydrogens is 148 g/mol. The zero-order chi connectivity index (χ0) is 9.02. The molecule has 0 spiro atoms. The second-order valence-corrected chi connectivity index (χ2v) is 1.96. The summed E-state index contributed by atoms with van der Waals surface area (Å²) in [7, 11) is 0. The molecule has 0 rings (SSSR count). The average molecular weight is 156 g/mol. The van der Waals surface area contributed by atoms with Gasteiger partial charge in [-0.3, -0.25) is 0 Å². The van der Waals surface area contributed by atoms with E-state index < -0.39 is 11.9 Å². The highest BCUT2D eigenvalue weighted by Crippen LogP contribution is 1.99. The largest absolute Gasteiger partial charge is 0.478 e. The first-order valence-corrected chi connectivity index (χ1v) is 2.79. The van der Waals surface area contributed by atoms with Gasteiger partial charge in [-0.2, -0.15) is 0 Å². The van der Waals surface area contributed by atoms with Crippen LogP contribution in [0.1, 0.15) is 6.92 Å². The fraction of sp³-hybridized carbons (Fsp3) is 0.143. The Labute approximate surface area is 63.5 Å². The summed E-state index contributed by atoms with van der Waals surface area (Å²) in [5.41, 5.74) is -0.276. The molecule has 0 fully saturated rings. The maximum absolute atomic E-state index is 10.2. The van der Waals surface area contributed by atoms with Gasteiger partial charge in [0.25, 0.3) is 0 Å². The summed E-state index contributed by atoms with van der Waals surface area (Å²) < 4.78 is 0. The van der Waals surface area contributed by atoms with Gasteiger partial charge in [-0.05, 0) is 13.0 Å². The number of rotatable bonds is 3. The Morgan fingerprint density at radius 2 is 1.73 bits per heavy atom. The van der Waals surface area contributed by atoms with Crippen molar-refractivity contribution in [2.24, 2.45) is 0 Å². The molecule has 0 aliphatic rings. The lowest BCUT2D eigenvalue weighted by atomic mass is 10.2. The van der Waals surface area contributed by atoms with Crippen molar-refractivity contribution >= 4 is 11.9 Å². The Morgan fingerprint density at radius 1 is 1.27 bits per heavy atom. The zero-order valence-electron chi connectivity index (χ0n) is 6.00. The molecule has 0 aliphatic carbocycles. The van der Waals surface area contributed by atoms with E-state index in [-0.39, 0.29) is 11.1 Å². The van der Waals surface area contributed by atoms with E-state index in [1.54, 1.807) is 0 Å². The maximum atomic E-state index is 10.2. The van der Waals surface area contributed by atoms with Crippen molar-refractivity contribution in [2.75, 3.05) is 0 Å². The van der Waals surface area contributed by atoms with Crippen LogP contribution >= 0.6 is 0 Å². The molecule has 4 heteroatoms. The number of hydrogen-bond donors (Lipinski definition) is 2. The number of carbonyl (C=O) groups is 2. The van der Waals surface area contributed by atoms with Crippen molar-refractivity contribution in [1.82, 2.24) is 0 Å². The highest BCUT2D eigenvalue weighted by Gasteiger charge is 2.04. The number of hydrogen-bond acceptors (Lipinski definition) is 2. The summed E-state index contributed by atoms with van der Waals surface area (Å²) in [6.07, 6.45) is 1.00. The molecular formula is C7H8O4. The molecule has 0 aromatic rings. The Kier molecular flexibility index (Phi) is 3.04. The predicted octanol–water partition coefficient (Wildman–Crippen LogP) is 0.658. The van der Waals surface area contributed by atoms with Gasteiger partial charge in [-0.25, -0.2) is 9.59 Å². The van der Waals surface area contributed by atoms with Gasteiger partial charge < -0.3 is 10.2 Å². The van der Waals surface area contributed by atoms with Crippen molar-refractivity contribution in [3.8, 4) is 0 Å². The van der Waals surface area contributed by atoms with E-state index in [1.165, 1.54) is 6.92 Å². The van der Waals surface area contributed by atoms with E-state index in [1.807, 2.05) is 0 Å². The van der Waals surface area contributed by atoms with Gasteiger partial charge in [-0.1, -0.05) is 6.58 Å². The third kappa shape index (κ3) is 3.20. The Balaban J connectivity index is 4.44. The van der Waals surface area contributed by atoms with Crippen molar-refractivity contribution in [3.63, 3.8) is 0 Å². The van der Waals surface area contributed by atoms with E-state index in [0.29, 0.717) is 0 Å². The molecule has 0 aromatic carbocycles. The second kappa shape index (κ2) is 3.55. The quantitative estimate of drug-likeness (QED) is 0.465. The summed E-state index contributed by atoms with van der Waals surface area (Å²) in [6, 6.07) is 0. The van der Waals surface area contributed by atoms with Gasteiger partial charge >= 0.3 is 11.9 Å². The van der Waals surface area contributed by atoms with Gasteiger partial charge in [-0.15, -0.1) is 0 Å². The first-order chi connectivity index (χ1) is 4.95. The molecule has 2 N–H and O–H groups in total. The fourth-order valence-electron chi connectivity index (χ4n) is 0.385. The molecule has 60 valence electrons. The standard InChI is InChI=1S/C7H8O4/c1-4(6(8)9)3-5(2)7(10)11/h3H,1H2,2H3,(H,8,9)(H,10,11). The van der Waals surface area contributed by atoms with E-state index in [2.05, 4.69) is 6.58 Å². The van der Waals surface area contributed by atoms with Crippen molar-refractivity contribution in [1.29, 1.82) is 0 Å². The minimum absolute atomic E-state index is 0.0441. The predicted molar refractivity (Wildman–Crippen MR) is 38.2 cm³/mol. The lowest BCUT2D eigenvalue weighted by molar-refractivity contribution is -0.132. The number of aliphatic carboxylic acids is 2. The Bertz CT molecular complexity index is 237. The van der Waals surface area contributed by atoms with Gasteiger partial charge in [0.1, 0.15) is 0 Å². The van der Waals surface area contributed by atoms with Crippen LogP contribution in [0, 0.1) is 0 Å². The Hall–Kier alpha value is -1.58. The van der Waals surface area contributed by atoms with Crippen molar-refractivity contribution < 1.29 is 19.8 Å². The van der Waals surface area contributed by atoms with Crippen LogP contribution in [0.15, 0.2) is 23.8 Å². The molecule has 11 heavy (non-hydrogen) atoms. The lowest BCUT2D eigenvalue weighted by Gasteiger charge is -1.92. The van der Waals surface area contributed by atoms with Crippen LogP contribution in [0.5, 0.6) is 0 Å². The normalized spacial score (nSPS) is 10.8. The van der Waals surface area contributed by atoms with Crippen LogP contribution < -0.4 is 0 Å². The number of carboxylic acid groups (broad SMARTS) is 2. The molecule has 0 saturated carbocycles. The molecule has 0 radical (unpaired) electrons. The van der Waals surface area contributed by atoms with E-state index in [0.717, 1.165) is 6.08 Å². The first kappa shape index (κ1) is 9.42. The van der Waals surface area contributed by atoms with Gasteiger partial charge in [0.15, 0.2) is 0 Å². The van der Waals surface area contributed by atoms with Crippen LogP contribution in [0.2, 0.25) is 0 Å². The highest BCUT2D eigenvalue weighted by molar-refractivity contribution is 5.93. The zero-order valence-corrected chi connectivity index (χ0v) is 6.00. The van der Waals surface area contributed by atoms with Gasteiger partial charge in [0.05, 0.1) is 5.57 Å². The third-order valence-electron chi connectivity index (χ3n) is 1.00. The van der Waals surface area contributed by atoms with Gasteiger partial charge in [0.2, 0.25) is 0 Å². The van der Waals surface area contributed by atoms with Crippen LogP contribution in [0.3, 0.4) is 0 Å². The van der Waals surface area contributed by atoms with Crippen LogP contribution in [-0.2, 0) is 9.59 Å². The number of carboxylic acids is 2. The molecule has 0 heterocycles. The van der Waals surface area contributed by atoms with Crippen LogP contribution in [-0.4, -0.2) is 22.2 Å². The monoisotopic (exact) mass is 156 g/mol. The summed E-state index contributed by atoms with van der Waals surface area (Å²) in [5.74, 6) is -2.36. The summed E-state index contributed by atoms with van der Waals surface area (Å²) >= 11 is 0.